The molecule has 0 amide bonds. The van der Waals surface area contributed by atoms with Crippen LogP contribution in [0.1, 0.15) is 82.4 Å². The summed E-state index contributed by atoms with van der Waals surface area (Å²) in [6.45, 7) is -0.964. The molecule has 0 radical (unpaired) electrons. The van der Waals surface area contributed by atoms with Gasteiger partial charge in [-0.3, -0.25) is 4.98 Å². The molecule has 0 fully saturated rings. The first kappa shape index (κ1) is 19.5. The van der Waals surface area contributed by atoms with Crippen molar-refractivity contribution in [1.29, 1.82) is 0 Å². The van der Waals surface area contributed by atoms with Crippen LogP contribution in [0.5, 0.6) is 0 Å². The fourth-order valence-electron chi connectivity index (χ4n) is 6.28. The number of benzene rings is 5. The van der Waals surface area contributed by atoms with Crippen molar-refractivity contribution in [3.8, 4) is 44.6 Å². The molecule has 2 heteroatoms. The smallest absolute Gasteiger partial charge is 0.144 e. The maximum Gasteiger partial charge on any atom is 0.144 e. The molecular formula is C44H41NO. The van der Waals surface area contributed by atoms with Crippen LogP contribution < -0.4 is 0 Å². The third-order valence-electron chi connectivity index (χ3n) is 8.59. The lowest BCUT2D eigenvalue weighted by molar-refractivity contribution is 0.666. The molecule has 7 rings (SSSR count). The Labute approximate surface area is 288 Å². The van der Waals surface area contributed by atoms with Crippen molar-refractivity contribution >= 4 is 21.9 Å². The predicted molar refractivity (Wildman–Crippen MR) is 196 cm³/mol. The van der Waals surface area contributed by atoms with E-state index in [0.717, 1.165) is 28.3 Å². The lowest BCUT2D eigenvalue weighted by atomic mass is 9.81. The SMILES string of the molecule is [2H]C([2H])([2H])c1cc(C([2H])([2H])[2H])c2oc3c(-c4cc(-c5c(C([2H])(C)C)cc(-c6ccc(-c7ccccc7)cc6)cc5C([2H])(C)C)c(C([2H])([2H])[2H])cn4)cccc3c2c1. The average molecular weight is 611 g/mol. The molecule has 46 heavy (non-hydrogen) atoms. The molecule has 0 atom stereocenters. The molecule has 7 aromatic rings. The third kappa shape index (κ3) is 5.22. The van der Waals surface area contributed by atoms with Gasteiger partial charge in [-0.25, -0.2) is 0 Å². The highest BCUT2D eigenvalue weighted by Crippen LogP contribution is 2.43. The van der Waals surface area contributed by atoms with Gasteiger partial charge in [0.05, 0.1) is 5.69 Å². The lowest BCUT2D eigenvalue weighted by Gasteiger charge is -2.24. The van der Waals surface area contributed by atoms with Crippen molar-refractivity contribution < 1.29 is 19.5 Å². The summed E-state index contributed by atoms with van der Waals surface area (Å²) in [6.07, 6.45) is 1.29. The molecule has 5 aromatic carbocycles. The van der Waals surface area contributed by atoms with Crippen LogP contribution in [0.4, 0.5) is 0 Å². The van der Waals surface area contributed by atoms with Crippen LogP contribution in [0, 0.1) is 20.6 Å². The van der Waals surface area contributed by atoms with Crippen LogP contribution in [-0.4, -0.2) is 4.98 Å². The van der Waals surface area contributed by atoms with Gasteiger partial charge in [0.2, 0.25) is 0 Å². The molecule has 0 bridgehead atoms. The Kier molecular flexibility index (Phi) is 5.00. The zero-order valence-electron chi connectivity index (χ0n) is 37.2. The third-order valence-corrected chi connectivity index (χ3v) is 8.59. The molecule has 228 valence electrons. The number of fused-ring (bicyclic) bond motifs is 3. The van der Waals surface area contributed by atoms with Crippen molar-refractivity contribution in [2.45, 2.75) is 60.0 Å². The van der Waals surface area contributed by atoms with E-state index in [2.05, 4.69) is 4.98 Å². The molecule has 2 aromatic heterocycles. The molecule has 2 nitrogen and oxygen atoms in total. The van der Waals surface area contributed by atoms with E-state index in [1.165, 1.54) is 12.3 Å². The van der Waals surface area contributed by atoms with E-state index >= 15 is 0 Å². The van der Waals surface area contributed by atoms with E-state index in [0.29, 0.717) is 38.7 Å². The number of hydrogen-bond acceptors (Lipinski definition) is 2. The normalized spacial score (nSPS) is 16.6. The quantitative estimate of drug-likeness (QED) is 0.187. The Morgan fingerprint density at radius 1 is 0.587 bits per heavy atom. The van der Waals surface area contributed by atoms with Gasteiger partial charge >= 0.3 is 0 Å². The fraction of sp³-hybridized carbons (Fsp3) is 0.205. The van der Waals surface area contributed by atoms with Crippen LogP contribution in [-0.2, 0) is 0 Å². The summed E-state index contributed by atoms with van der Waals surface area (Å²) in [4.78, 5) is 4.62. The van der Waals surface area contributed by atoms with E-state index in [9.17, 15) is 2.74 Å². The van der Waals surface area contributed by atoms with Crippen molar-refractivity contribution in [2.24, 2.45) is 0 Å². The summed E-state index contributed by atoms with van der Waals surface area (Å²) in [5, 5.41) is 0.778. The highest BCUT2D eigenvalue weighted by Gasteiger charge is 2.22. The van der Waals surface area contributed by atoms with Gasteiger partial charge in [-0.1, -0.05) is 113 Å². The van der Waals surface area contributed by atoms with Gasteiger partial charge in [0, 0.05) is 37.6 Å². The molecule has 2 heterocycles. The highest BCUT2D eigenvalue weighted by molar-refractivity contribution is 6.10. The van der Waals surface area contributed by atoms with E-state index in [-0.39, 0.29) is 33.4 Å². The second kappa shape index (κ2) is 11.8. The number of nitrogens with zero attached hydrogens (tertiary/aromatic N) is 1. The topological polar surface area (TPSA) is 26.0 Å². The van der Waals surface area contributed by atoms with Crippen molar-refractivity contribution in [3.63, 3.8) is 0 Å². The molecule has 0 aliphatic rings. The zero-order valence-corrected chi connectivity index (χ0v) is 26.2. The molecule has 0 N–H and O–H groups in total. The van der Waals surface area contributed by atoms with Crippen molar-refractivity contribution in [3.05, 3.63) is 137 Å². The van der Waals surface area contributed by atoms with Crippen molar-refractivity contribution in [1.82, 2.24) is 4.98 Å². The maximum absolute atomic E-state index is 9.40. The van der Waals surface area contributed by atoms with E-state index in [4.69, 9.17) is 16.8 Å². The minimum absolute atomic E-state index is 0.0219. The van der Waals surface area contributed by atoms with Crippen LogP contribution in [0.3, 0.4) is 0 Å². The Bertz CT molecular complexity index is 2600. The number of hydrogen-bond donors (Lipinski definition) is 0. The minimum Gasteiger partial charge on any atom is -0.455 e. The lowest BCUT2D eigenvalue weighted by Crippen LogP contribution is -2.03. The summed E-state index contributed by atoms with van der Waals surface area (Å²) < 4.78 is 99.6. The number of pyridine rings is 1. The standard InChI is InChI=1S/C44H41NO/c1-26(2)37-22-34(33-18-16-32(17-19-33)31-12-9-8-10-13-31)23-38(27(3)4)42(37)39-24-41(45-25-30(39)7)36-15-11-14-35-40-21-28(5)20-29(6)43(40)46-44(35)36/h8-27H,1-7H3/i5D3,6D3,7D3,26D,27D. The fourth-order valence-corrected chi connectivity index (χ4v) is 6.28. The summed E-state index contributed by atoms with van der Waals surface area (Å²) in [5.41, 5.74) is 6.08. The zero-order chi connectivity index (χ0) is 41.5. The summed E-state index contributed by atoms with van der Waals surface area (Å²) >= 11 is 0. The Balaban J connectivity index is 1.49. The van der Waals surface area contributed by atoms with Gasteiger partial charge in [0.15, 0.2) is 0 Å². The van der Waals surface area contributed by atoms with Gasteiger partial charge in [0.25, 0.3) is 0 Å². The van der Waals surface area contributed by atoms with Crippen LogP contribution in [0.25, 0.3) is 66.6 Å². The van der Waals surface area contributed by atoms with Gasteiger partial charge in [-0.15, -0.1) is 0 Å². The van der Waals surface area contributed by atoms with Crippen LogP contribution >= 0.6 is 0 Å². The van der Waals surface area contributed by atoms with Crippen molar-refractivity contribution in [2.75, 3.05) is 0 Å². The number of rotatable bonds is 6. The summed E-state index contributed by atoms with van der Waals surface area (Å²) in [5.74, 6) is -2.51. The summed E-state index contributed by atoms with van der Waals surface area (Å²) in [6, 6.07) is 31.2. The first-order valence-electron chi connectivity index (χ1n) is 20.8. The second-order valence-electron chi connectivity index (χ2n) is 12.2. The molecule has 0 aliphatic heterocycles. The van der Waals surface area contributed by atoms with Gasteiger partial charge in [-0.05, 0) is 112 Å². The van der Waals surface area contributed by atoms with E-state index in [1.54, 1.807) is 52.0 Å². The molecule has 0 saturated heterocycles. The summed E-state index contributed by atoms with van der Waals surface area (Å²) in [7, 11) is 0. The molecule has 0 saturated carbocycles. The molecule has 0 spiro atoms. The predicted octanol–water partition coefficient (Wildman–Crippen LogP) is 12.8. The van der Waals surface area contributed by atoms with Crippen LogP contribution in [0.2, 0.25) is 0 Å². The monoisotopic (exact) mass is 610 g/mol. The first-order valence-corrected chi connectivity index (χ1v) is 15.3. The number of aromatic nitrogens is 1. The number of para-hydroxylation sites is 1. The molecule has 0 aliphatic carbocycles. The molecular weight excluding hydrogens is 558 g/mol. The minimum atomic E-state index is -2.69. The first-order chi connectivity index (χ1) is 26.4. The van der Waals surface area contributed by atoms with E-state index in [1.807, 2.05) is 66.7 Å². The number of aryl methyl sites for hydroxylation is 3. The van der Waals surface area contributed by atoms with Crippen LogP contribution in [0.15, 0.2) is 114 Å². The Morgan fingerprint density at radius 3 is 1.91 bits per heavy atom. The Morgan fingerprint density at radius 2 is 1.26 bits per heavy atom. The average Bonchev–Trinajstić information content (AvgIpc) is 3.51. The van der Waals surface area contributed by atoms with Gasteiger partial charge in [-0.2, -0.15) is 0 Å². The maximum atomic E-state index is 9.40. The largest absolute Gasteiger partial charge is 0.455 e. The van der Waals surface area contributed by atoms with E-state index < -0.39 is 32.3 Å². The molecule has 0 unspecified atom stereocenters. The second-order valence-corrected chi connectivity index (χ2v) is 12.2. The highest BCUT2D eigenvalue weighted by atomic mass is 16.3. The number of furan rings is 1. The van der Waals surface area contributed by atoms with Gasteiger partial charge in [0.1, 0.15) is 11.2 Å². The Hall–Kier alpha value is -4.95. The van der Waals surface area contributed by atoms with Gasteiger partial charge < -0.3 is 4.42 Å².